The lowest BCUT2D eigenvalue weighted by Crippen LogP contribution is -2.58. The molecule has 7 N–H and O–H groups in total. The summed E-state index contributed by atoms with van der Waals surface area (Å²) in [5.41, 5.74) is 10.7. The lowest BCUT2D eigenvalue weighted by Gasteiger charge is -2.31. The molecule has 1 rings (SSSR count). The van der Waals surface area contributed by atoms with Crippen molar-refractivity contribution in [1.82, 2.24) is 15.5 Å². The number of rotatable bonds is 11. The van der Waals surface area contributed by atoms with Crippen LogP contribution in [-0.4, -0.2) is 76.1 Å². The van der Waals surface area contributed by atoms with E-state index in [9.17, 15) is 29.1 Å². The van der Waals surface area contributed by atoms with Gasteiger partial charge in [0.2, 0.25) is 23.6 Å². The van der Waals surface area contributed by atoms with E-state index in [-0.39, 0.29) is 24.5 Å². The van der Waals surface area contributed by atoms with Gasteiger partial charge in [0.05, 0.1) is 6.04 Å². The second-order valence-electron chi connectivity index (χ2n) is 7.61. The third kappa shape index (κ3) is 7.17. The molecule has 11 nitrogen and oxygen atoms in total. The van der Waals surface area contributed by atoms with Gasteiger partial charge < -0.3 is 32.1 Å². The standard InChI is InChI=1S/C18H31N5O6S/c1-9(2)14(22-15(25)10(19)8-30)17(27)23-7-3-4-12(23)16(26)21-11(18(28)29)5-6-13(20)24/h9-12,14,30H,3-8,19H2,1-2H3,(H2,20,24)(H,21,26)(H,22,25)(H,28,29). The average Bonchev–Trinajstić information content (AvgIpc) is 3.17. The first-order valence-corrected chi connectivity index (χ1v) is 10.4. The van der Waals surface area contributed by atoms with Crippen LogP contribution in [0.3, 0.4) is 0 Å². The zero-order chi connectivity index (χ0) is 23.0. The quantitative estimate of drug-likeness (QED) is 0.203. The Balaban J connectivity index is 2.90. The second-order valence-corrected chi connectivity index (χ2v) is 7.98. The van der Waals surface area contributed by atoms with Gasteiger partial charge in [-0.25, -0.2) is 4.79 Å². The number of amides is 4. The SMILES string of the molecule is CC(C)C(NC(=O)C(N)CS)C(=O)N1CCCC1C(=O)NC(CCC(N)=O)C(=O)O. The third-order valence-corrected chi connectivity index (χ3v) is 5.29. The molecule has 0 aromatic heterocycles. The predicted octanol–water partition coefficient (Wildman–Crippen LogP) is -1.79. The van der Waals surface area contributed by atoms with Crippen LogP contribution in [0.1, 0.15) is 39.5 Å². The molecule has 0 aromatic rings. The Bertz CT molecular complexity index is 673. The van der Waals surface area contributed by atoms with Crippen molar-refractivity contribution in [3.63, 3.8) is 0 Å². The van der Waals surface area contributed by atoms with Gasteiger partial charge >= 0.3 is 5.97 Å². The molecule has 12 heteroatoms. The normalized spacial score (nSPS) is 19.1. The highest BCUT2D eigenvalue weighted by molar-refractivity contribution is 7.80. The van der Waals surface area contributed by atoms with E-state index in [0.29, 0.717) is 19.4 Å². The minimum atomic E-state index is -1.30. The first-order chi connectivity index (χ1) is 14.0. The van der Waals surface area contributed by atoms with Crippen molar-refractivity contribution in [1.29, 1.82) is 0 Å². The molecule has 4 unspecified atom stereocenters. The van der Waals surface area contributed by atoms with Crippen LogP contribution in [0.15, 0.2) is 0 Å². The highest BCUT2D eigenvalue weighted by Gasteiger charge is 2.39. The number of carbonyl (C=O) groups is 5. The van der Waals surface area contributed by atoms with Gasteiger partial charge in [-0.3, -0.25) is 19.2 Å². The molecule has 4 amide bonds. The molecular formula is C18H31N5O6S. The number of primary amides is 1. The molecule has 1 aliphatic rings. The zero-order valence-electron chi connectivity index (χ0n) is 17.2. The van der Waals surface area contributed by atoms with E-state index in [1.165, 1.54) is 4.90 Å². The largest absolute Gasteiger partial charge is 0.480 e. The summed E-state index contributed by atoms with van der Waals surface area (Å²) in [6, 6.07) is -3.93. The molecule has 0 aliphatic carbocycles. The van der Waals surface area contributed by atoms with Crippen molar-refractivity contribution < 1.29 is 29.1 Å². The van der Waals surface area contributed by atoms with Crippen molar-refractivity contribution in [2.24, 2.45) is 17.4 Å². The molecule has 1 aliphatic heterocycles. The Morgan fingerprint density at radius 2 is 1.83 bits per heavy atom. The van der Waals surface area contributed by atoms with Crippen LogP contribution in [-0.2, 0) is 24.0 Å². The fourth-order valence-corrected chi connectivity index (χ4v) is 3.32. The summed E-state index contributed by atoms with van der Waals surface area (Å²) in [5.74, 6) is -3.71. The summed E-state index contributed by atoms with van der Waals surface area (Å²) in [4.78, 5) is 61.5. The Kier molecular flexibility index (Phi) is 10.1. The van der Waals surface area contributed by atoms with E-state index in [2.05, 4.69) is 23.3 Å². The minimum absolute atomic E-state index is 0.113. The highest BCUT2D eigenvalue weighted by Crippen LogP contribution is 2.21. The first kappa shape index (κ1) is 25.7. The van der Waals surface area contributed by atoms with E-state index in [1.54, 1.807) is 13.8 Å². The number of carbonyl (C=O) groups excluding carboxylic acids is 4. The number of carboxylic acid groups (broad SMARTS) is 1. The van der Waals surface area contributed by atoms with Crippen LogP contribution in [0.4, 0.5) is 0 Å². The van der Waals surface area contributed by atoms with Crippen LogP contribution in [0, 0.1) is 5.92 Å². The number of nitrogens with zero attached hydrogens (tertiary/aromatic N) is 1. The van der Waals surface area contributed by atoms with Crippen LogP contribution in [0.25, 0.3) is 0 Å². The van der Waals surface area contributed by atoms with E-state index in [0.717, 1.165) is 0 Å². The Hall–Kier alpha value is -2.34. The number of hydrogen-bond acceptors (Lipinski definition) is 7. The van der Waals surface area contributed by atoms with Gasteiger partial charge in [0.15, 0.2) is 0 Å². The van der Waals surface area contributed by atoms with E-state index >= 15 is 0 Å². The summed E-state index contributed by atoms with van der Waals surface area (Å²) < 4.78 is 0. The van der Waals surface area contributed by atoms with Crippen molar-refractivity contribution in [3.05, 3.63) is 0 Å². The molecule has 30 heavy (non-hydrogen) atoms. The first-order valence-electron chi connectivity index (χ1n) is 9.78. The summed E-state index contributed by atoms with van der Waals surface area (Å²) >= 11 is 3.98. The smallest absolute Gasteiger partial charge is 0.326 e. The maximum atomic E-state index is 13.1. The van der Waals surface area contributed by atoms with Crippen LogP contribution >= 0.6 is 12.6 Å². The van der Waals surface area contributed by atoms with Crippen LogP contribution in [0.2, 0.25) is 0 Å². The fourth-order valence-electron chi connectivity index (χ4n) is 3.15. The molecule has 4 atom stereocenters. The van der Waals surface area contributed by atoms with Crippen molar-refractivity contribution in [2.75, 3.05) is 12.3 Å². The third-order valence-electron chi connectivity index (χ3n) is 4.90. The lowest BCUT2D eigenvalue weighted by molar-refractivity contribution is -0.145. The van der Waals surface area contributed by atoms with E-state index < -0.39 is 53.8 Å². The molecule has 0 spiro atoms. The minimum Gasteiger partial charge on any atom is -0.480 e. The summed E-state index contributed by atoms with van der Waals surface area (Å²) in [6.45, 7) is 3.81. The predicted molar refractivity (Wildman–Crippen MR) is 111 cm³/mol. The number of aliphatic carboxylic acids is 1. The number of hydrogen-bond donors (Lipinski definition) is 6. The molecule has 1 saturated heterocycles. The number of thiol groups is 1. The highest BCUT2D eigenvalue weighted by atomic mass is 32.1. The van der Waals surface area contributed by atoms with Gasteiger partial charge in [-0.05, 0) is 25.2 Å². The van der Waals surface area contributed by atoms with E-state index in [1.807, 2.05) is 0 Å². The summed E-state index contributed by atoms with van der Waals surface area (Å²) in [6.07, 6.45) is 0.563. The van der Waals surface area contributed by atoms with Gasteiger partial charge in [0.1, 0.15) is 18.1 Å². The topological polar surface area (TPSA) is 185 Å². The number of likely N-dealkylation sites (tertiary alicyclic amines) is 1. The van der Waals surface area contributed by atoms with Gasteiger partial charge in [-0.15, -0.1) is 0 Å². The number of nitrogens with two attached hydrogens (primary N) is 2. The Morgan fingerprint density at radius 1 is 1.20 bits per heavy atom. The van der Waals surface area contributed by atoms with Gasteiger partial charge in [-0.2, -0.15) is 12.6 Å². The zero-order valence-corrected chi connectivity index (χ0v) is 18.1. The molecule has 0 saturated carbocycles. The molecule has 0 radical (unpaired) electrons. The summed E-state index contributed by atoms with van der Waals surface area (Å²) in [5, 5.41) is 14.3. The molecular weight excluding hydrogens is 414 g/mol. The van der Waals surface area contributed by atoms with Gasteiger partial charge in [0, 0.05) is 18.7 Å². The molecule has 0 bridgehead atoms. The van der Waals surface area contributed by atoms with Crippen LogP contribution < -0.4 is 22.1 Å². The van der Waals surface area contributed by atoms with Crippen molar-refractivity contribution in [2.45, 2.75) is 63.7 Å². The number of carboxylic acids is 1. The van der Waals surface area contributed by atoms with Crippen molar-refractivity contribution in [3.8, 4) is 0 Å². The van der Waals surface area contributed by atoms with Crippen molar-refractivity contribution >= 4 is 42.2 Å². The maximum absolute atomic E-state index is 13.1. The number of nitrogens with one attached hydrogen (secondary N) is 2. The Labute approximate surface area is 180 Å². The molecule has 170 valence electrons. The summed E-state index contributed by atoms with van der Waals surface area (Å²) in [7, 11) is 0. The van der Waals surface area contributed by atoms with Gasteiger partial charge in [0.25, 0.3) is 0 Å². The molecule has 1 heterocycles. The maximum Gasteiger partial charge on any atom is 0.326 e. The lowest BCUT2D eigenvalue weighted by atomic mass is 10.0. The monoisotopic (exact) mass is 445 g/mol. The second kappa shape index (κ2) is 11.7. The van der Waals surface area contributed by atoms with Crippen LogP contribution in [0.5, 0.6) is 0 Å². The van der Waals surface area contributed by atoms with Gasteiger partial charge in [-0.1, -0.05) is 13.8 Å². The average molecular weight is 446 g/mol. The van der Waals surface area contributed by atoms with E-state index in [4.69, 9.17) is 11.5 Å². The fraction of sp³-hybridized carbons (Fsp3) is 0.722. The molecule has 0 aromatic carbocycles. The molecule has 1 fully saturated rings. The Morgan fingerprint density at radius 3 is 2.33 bits per heavy atom.